The van der Waals surface area contributed by atoms with Crippen LogP contribution in [0.3, 0.4) is 0 Å². The van der Waals surface area contributed by atoms with Crippen molar-refractivity contribution in [2.75, 3.05) is 24.5 Å². The molecule has 3 aromatic carbocycles. The molecule has 0 spiro atoms. The Morgan fingerprint density at radius 2 is 1.61 bits per heavy atom. The molecule has 3 aromatic rings. The van der Waals surface area contributed by atoms with Crippen LogP contribution in [-0.4, -0.2) is 51.4 Å². The first-order valence-corrected chi connectivity index (χ1v) is 14.1. The number of rotatable bonds is 12. The molecule has 3 rings (SSSR count). The number of sulfonamides is 1. The summed E-state index contributed by atoms with van der Waals surface area (Å²) in [5.74, 6) is -0.627. The summed E-state index contributed by atoms with van der Waals surface area (Å²) in [6.07, 6.45) is 0.344. The number of anilines is 1. The highest BCUT2D eigenvalue weighted by Gasteiger charge is 2.34. The quantitative estimate of drug-likeness (QED) is 0.354. The number of ether oxygens (including phenoxy) is 1. The Hall–Kier alpha value is -3.56. The zero-order valence-electron chi connectivity index (χ0n) is 21.6. The van der Waals surface area contributed by atoms with Crippen LogP contribution in [0.2, 0.25) is 5.02 Å². The molecule has 0 saturated heterocycles. The van der Waals surface area contributed by atoms with Crippen molar-refractivity contribution in [3.63, 3.8) is 0 Å². The average molecular weight is 558 g/mol. The summed E-state index contributed by atoms with van der Waals surface area (Å²) >= 11 is 6.24. The van der Waals surface area contributed by atoms with Crippen molar-refractivity contribution in [1.29, 1.82) is 0 Å². The Kier molecular flexibility index (Phi) is 10.2. The lowest BCUT2D eigenvalue weighted by molar-refractivity contribution is -0.140. The number of methoxy groups -OCH3 is 1. The van der Waals surface area contributed by atoms with Gasteiger partial charge in [-0.25, -0.2) is 8.42 Å². The number of hydrogen-bond acceptors (Lipinski definition) is 5. The maximum atomic E-state index is 14.0. The minimum atomic E-state index is -4.22. The van der Waals surface area contributed by atoms with E-state index in [-0.39, 0.29) is 33.8 Å². The van der Waals surface area contributed by atoms with Crippen molar-refractivity contribution in [1.82, 2.24) is 10.2 Å². The third-order valence-corrected chi connectivity index (χ3v) is 7.96. The van der Waals surface area contributed by atoms with Gasteiger partial charge in [-0.15, -0.1) is 0 Å². The molecule has 8 nitrogen and oxygen atoms in total. The summed E-state index contributed by atoms with van der Waals surface area (Å²) in [7, 11) is -2.81. The molecule has 0 aliphatic carbocycles. The van der Waals surface area contributed by atoms with Crippen molar-refractivity contribution >= 4 is 39.1 Å². The predicted octanol–water partition coefficient (Wildman–Crippen LogP) is 4.49. The van der Waals surface area contributed by atoms with Crippen LogP contribution in [0.15, 0.2) is 83.8 Å². The number of halogens is 1. The van der Waals surface area contributed by atoms with Crippen LogP contribution in [0.4, 0.5) is 5.69 Å². The Bertz CT molecular complexity index is 1340. The van der Waals surface area contributed by atoms with Gasteiger partial charge in [0.2, 0.25) is 11.8 Å². The van der Waals surface area contributed by atoms with Crippen molar-refractivity contribution < 1.29 is 22.7 Å². The van der Waals surface area contributed by atoms with Crippen molar-refractivity contribution in [3.8, 4) is 5.75 Å². The van der Waals surface area contributed by atoms with E-state index in [9.17, 15) is 18.0 Å². The van der Waals surface area contributed by atoms with Gasteiger partial charge in [0.25, 0.3) is 10.0 Å². The van der Waals surface area contributed by atoms with Crippen LogP contribution >= 0.6 is 11.6 Å². The first kappa shape index (κ1) is 29.0. The van der Waals surface area contributed by atoms with Gasteiger partial charge in [0.15, 0.2) is 0 Å². The number of nitrogens with one attached hydrogen (secondary N) is 1. The molecule has 0 fully saturated rings. The fourth-order valence-electron chi connectivity index (χ4n) is 4.08. The molecule has 0 unspecified atom stereocenters. The Morgan fingerprint density at radius 1 is 0.974 bits per heavy atom. The summed E-state index contributed by atoms with van der Waals surface area (Å²) in [6, 6.07) is 20.8. The molecule has 0 radical (unpaired) electrons. The maximum Gasteiger partial charge on any atom is 0.264 e. The highest BCUT2D eigenvalue weighted by Crippen LogP contribution is 2.35. The van der Waals surface area contributed by atoms with Crippen LogP contribution in [0.5, 0.6) is 5.75 Å². The molecule has 0 aliphatic rings. The summed E-state index contributed by atoms with van der Waals surface area (Å²) in [6.45, 7) is 3.56. The van der Waals surface area contributed by atoms with E-state index in [1.54, 1.807) is 37.3 Å². The normalized spacial score (nSPS) is 11.9. The molecule has 0 heterocycles. The number of benzene rings is 3. The van der Waals surface area contributed by atoms with Gasteiger partial charge >= 0.3 is 0 Å². The van der Waals surface area contributed by atoms with Crippen molar-refractivity contribution in [2.24, 2.45) is 0 Å². The molecule has 1 atom stereocenters. The number of carbonyl (C=O) groups is 2. The second-order valence-electron chi connectivity index (χ2n) is 8.47. The van der Waals surface area contributed by atoms with Gasteiger partial charge in [-0.1, -0.05) is 67.1 Å². The molecule has 0 aliphatic heterocycles. The molecular formula is C28H32ClN3O5S. The van der Waals surface area contributed by atoms with Gasteiger partial charge in [-0.05, 0) is 49.2 Å². The standard InChI is InChI=1S/C28H32ClN3O5S/c1-4-24(28(34)30-5-2)31(19-21-12-8-6-9-13-21)27(33)20-32(25-18-22(29)16-17-26(25)37-3)38(35,36)23-14-10-7-11-15-23/h6-18,24H,4-5,19-20H2,1-3H3,(H,30,34)/t24-/m1/s1. The van der Waals surface area contributed by atoms with Crippen molar-refractivity contribution in [2.45, 2.75) is 37.8 Å². The minimum absolute atomic E-state index is 0.000190. The van der Waals surface area contributed by atoms with E-state index < -0.39 is 28.5 Å². The van der Waals surface area contributed by atoms with Crippen molar-refractivity contribution in [3.05, 3.63) is 89.4 Å². The third kappa shape index (κ3) is 6.85. The molecular weight excluding hydrogens is 526 g/mol. The van der Waals surface area contributed by atoms with E-state index in [1.807, 2.05) is 37.3 Å². The highest BCUT2D eigenvalue weighted by molar-refractivity contribution is 7.92. The summed E-state index contributed by atoms with van der Waals surface area (Å²) in [5, 5.41) is 3.06. The van der Waals surface area contributed by atoms with Gasteiger partial charge in [0.1, 0.15) is 18.3 Å². The molecule has 2 amide bonds. The molecule has 0 saturated carbocycles. The molecule has 0 bridgehead atoms. The fraction of sp³-hybridized carbons (Fsp3) is 0.286. The fourth-order valence-corrected chi connectivity index (χ4v) is 5.69. The van der Waals surface area contributed by atoms with Crippen LogP contribution in [0, 0.1) is 0 Å². The lowest BCUT2D eigenvalue weighted by atomic mass is 10.1. The Balaban J connectivity index is 2.11. The van der Waals surface area contributed by atoms with E-state index in [0.717, 1.165) is 9.87 Å². The smallest absolute Gasteiger partial charge is 0.264 e. The topological polar surface area (TPSA) is 96.0 Å². The third-order valence-electron chi connectivity index (χ3n) is 5.95. The monoisotopic (exact) mass is 557 g/mol. The van der Waals surface area contributed by atoms with Gasteiger partial charge in [0, 0.05) is 18.1 Å². The molecule has 0 aromatic heterocycles. The SMILES string of the molecule is CCNC(=O)[C@@H](CC)N(Cc1ccccc1)C(=O)CN(c1cc(Cl)ccc1OC)S(=O)(=O)c1ccccc1. The van der Waals surface area contributed by atoms with E-state index in [4.69, 9.17) is 16.3 Å². The summed E-state index contributed by atoms with van der Waals surface area (Å²) < 4.78 is 34.2. The largest absolute Gasteiger partial charge is 0.495 e. The van der Waals surface area contributed by atoms with Gasteiger partial charge in [0.05, 0.1) is 17.7 Å². The van der Waals surface area contributed by atoms with Crippen LogP contribution in [0.1, 0.15) is 25.8 Å². The van der Waals surface area contributed by atoms with Gasteiger partial charge < -0.3 is 15.0 Å². The zero-order chi connectivity index (χ0) is 27.7. The van der Waals surface area contributed by atoms with E-state index in [0.29, 0.717) is 13.0 Å². The molecule has 1 N–H and O–H groups in total. The lowest BCUT2D eigenvalue weighted by Crippen LogP contribution is -2.52. The summed E-state index contributed by atoms with van der Waals surface area (Å²) in [4.78, 5) is 28.3. The molecule has 38 heavy (non-hydrogen) atoms. The number of likely N-dealkylation sites (N-methyl/N-ethyl adjacent to an activating group) is 1. The first-order chi connectivity index (χ1) is 18.2. The first-order valence-electron chi connectivity index (χ1n) is 12.2. The van der Waals surface area contributed by atoms with Crippen LogP contribution < -0.4 is 14.4 Å². The minimum Gasteiger partial charge on any atom is -0.495 e. The van der Waals surface area contributed by atoms with Gasteiger partial charge in [-0.3, -0.25) is 13.9 Å². The van der Waals surface area contributed by atoms with Crippen LogP contribution in [-0.2, 0) is 26.2 Å². The number of nitrogens with zero attached hydrogens (tertiary/aromatic N) is 2. The second-order valence-corrected chi connectivity index (χ2v) is 10.8. The van der Waals surface area contributed by atoms with E-state index >= 15 is 0 Å². The Labute approximate surface area is 229 Å². The molecule has 10 heteroatoms. The Morgan fingerprint density at radius 3 is 2.18 bits per heavy atom. The molecule has 202 valence electrons. The number of amides is 2. The van der Waals surface area contributed by atoms with E-state index in [1.165, 1.54) is 30.2 Å². The number of hydrogen-bond donors (Lipinski definition) is 1. The average Bonchev–Trinajstić information content (AvgIpc) is 2.92. The second kappa shape index (κ2) is 13.3. The lowest BCUT2D eigenvalue weighted by Gasteiger charge is -2.33. The zero-order valence-corrected chi connectivity index (χ0v) is 23.2. The maximum absolute atomic E-state index is 14.0. The van der Waals surface area contributed by atoms with Gasteiger partial charge in [-0.2, -0.15) is 0 Å². The summed E-state index contributed by atoms with van der Waals surface area (Å²) in [5.41, 5.74) is 0.921. The predicted molar refractivity (Wildman–Crippen MR) is 149 cm³/mol. The number of carbonyl (C=O) groups excluding carboxylic acids is 2. The highest BCUT2D eigenvalue weighted by atomic mass is 35.5. The van der Waals surface area contributed by atoms with Crippen LogP contribution in [0.25, 0.3) is 0 Å². The van der Waals surface area contributed by atoms with E-state index in [2.05, 4.69) is 5.32 Å².